The van der Waals surface area contributed by atoms with E-state index in [4.69, 9.17) is 10.5 Å². The number of anilines is 1. The molecule has 0 aromatic heterocycles. The van der Waals surface area contributed by atoms with E-state index in [1.807, 2.05) is 32.0 Å². The number of nitrogens with two attached hydrogens (primary N) is 1. The fourth-order valence-corrected chi connectivity index (χ4v) is 1.93. The monoisotopic (exact) mass is 284 g/mol. The summed E-state index contributed by atoms with van der Waals surface area (Å²) in [6.45, 7) is 4.45. The first-order valence-electron chi connectivity index (χ1n) is 6.40. The molecule has 106 valence electrons. The average molecular weight is 285 g/mol. The standard InChI is InChI=1S/C14H20N2O2.ClH/c1-9(10(2)15)14(17)16-12-5-6-13-11(8-12)4-3-7-18-13;/h5-6,8-10H,3-4,7,15H2,1-2H3,(H,16,17);1H. The van der Waals surface area contributed by atoms with Gasteiger partial charge in [0.15, 0.2) is 0 Å². The summed E-state index contributed by atoms with van der Waals surface area (Å²) in [5, 5.41) is 2.90. The lowest BCUT2D eigenvalue weighted by Gasteiger charge is -2.19. The van der Waals surface area contributed by atoms with E-state index in [0.29, 0.717) is 0 Å². The van der Waals surface area contributed by atoms with Crippen LogP contribution in [0.1, 0.15) is 25.8 Å². The summed E-state index contributed by atoms with van der Waals surface area (Å²) in [5.74, 6) is 0.693. The molecule has 0 radical (unpaired) electrons. The fraction of sp³-hybridized carbons (Fsp3) is 0.500. The molecule has 1 amide bonds. The van der Waals surface area contributed by atoms with Gasteiger partial charge in [-0.15, -0.1) is 12.4 Å². The van der Waals surface area contributed by atoms with Gasteiger partial charge in [-0.3, -0.25) is 4.79 Å². The van der Waals surface area contributed by atoms with Gasteiger partial charge >= 0.3 is 0 Å². The third-order valence-electron chi connectivity index (χ3n) is 3.38. The molecule has 4 nitrogen and oxygen atoms in total. The Kier molecular flexibility index (Phi) is 5.63. The summed E-state index contributed by atoms with van der Waals surface area (Å²) >= 11 is 0. The van der Waals surface area contributed by atoms with Gasteiger partial charge in [0.1, 0.15) is 5.75 Å². The van der Waals surface area contributed by atoms with Gasteiger partial charge in [0.25, 0.3) is 0 Å². The second-order valence-electron chi connectivity index (χ2n) is 4.91. The third-order valence-corrected chi connectivity index (χ3v) is 3.38. The minimum absolute atomic E-state index is 0. The number of ether oxygens (including phenoxy) is 1. The van der Waals surface area contributed by atoms with Crippen molar-refractivity contribution in [3.63, 3.8) is 0 Å². The van der Waals surface area contributed by atoms with Crippen molar-refractivity contribution >= 4 is 24.0 Å². The maximum Gasteiger partial charge on any atom is 0.228 e. The number of halogens is 1. The van der Waals surface area contributed by atoms with E-state index in [9.17, 15) is 4.79 Å². The minimum atomic E-state index is -0.197. The van der Waals surface area contributed by atoms with Gasteiger partial charge in [0.2, 0.25) is 5.91 Å². The zero-order valence-electron chi connectivity index (χ0n) is 11.3. The summed E-state index contributed by atoms with van der Waals surface area (Å²) in [6, 6.07) is 5.63. The Hall–Kier alpha value is -1.26. The molecule has 0 spiro atoms. The van der Waals surface area contributed by atoms with Crippen LogP contribution in [0.4, 0.5) is 5.69 Å². The van der Waals surface area contributed by atoms with E-state index in [-0.39, 0.29) is 30.3 Å². The van der Waals surface area contributed by atoms with Crippen LogP contribution in [0.5, 0.6) is 5.75 Å². The highest BCUT2D eigenvalue weighted by atomic mass is 35.5. The van der Waals surface area contributed by atoms with E-state index in [0.717, 1.165) is 36.4 Å². The maximum atomic E-state index is 11.9. The van der Waals surface area contributed by atoms with Gasteiger partial charge in [-0.1, -0.05) is 6.92 Å². The lowest BCUT2D eigenvalue weighted by Crippen LogP contribution is -2.34. The highest BCUT2D eigenvalue weighted by Crippen LogP contribution is 2.27. The SMILES string of the molecule is CC(N)C(C)C(=O)Nc1ccc2c(c1)CCCO2.Cl. The summed E-state index contributed by atoms with van der Waals surface area (Å²) in [6.07, 6.45) is 2.03. The molecule has 1 heterocycles. The normalized spacial score (nSPS) is 16.4. The van der Waals surface area contributed by atoms with Crippen molar-refractivity contribution in [2.24, 2.45) is 11.7 Å². The number of rotatable bonds is 3. The Bertz CT molecular complexity index is 449. The Labute approximate surface area is 120 Å². The predicted octanol–water partition coefficient (Wildman–Crippen LogP) is 2.36. The Morgan fingerprint density at radius 1 is 1.42 bits per heavy atom. The van der Waals surface area contributed by atoms with E-state index in [2.05, 4.69) is 5.32 Å². The van der Waals surface area contributed by atoms with Crippen LogP contribution < -0.4 is 15.8 Å². The average Bonchev–Trinajstić information content (AvgIpc) is 2.37. The van der Waals surface area contributed by atoms with Gasteiger partial charge < -0.3 is 15.8 Å². The molecule has 2 atom stereocenters. The quantitative estimate of drug-likeness (QED) is 0.895. The highest BCUT2D eigenvalue weighted by molar-refractivity contribution is 5.92. The molecule has 2 rings (SSSR count). The molecule has 1 aromatic carbocycles. The van der Waals surface area contributed by atoms with Crippen molar-refractivity contribution in [2.45, 2.75) is 32.7 Å². The van der Waals surface area contributed by atoms with Crippen molar-refractivity contribution in [3.8, 4) is 5.75 Å². The number of amides is 1. The Morgan fingerprint density at radius 2 is 2.16 bits per heavy atom. The topological polar surface area (TPSA) is 64.4 Å². The van der Waals surface area contributed by atoms with E-state index < -0.39 is 0 Å². The molecule has 0 fully saturated rings. The van der Waals surface area contributed by atoms with Gasteiger partial charge in [-0.2, -0.15) is 0 Å². The molecular weight excluding hydrogens is 264 g/mol. The molecule has 3 N–H and O–H groups in total. The van der Waals surface area contributed by atoms with Crippen LogP contribution in [-0.4, -0.2) is 18.6 Å². The number of benzene rings is 1. The van der Waals surface area contributed by atoms with Gasteiger partial charge in [-0.25, -0.2) is 0 Å². The second-order valence-corrected chi connectivity index (χ2v) is 4.91. The molecule has 0 saturated carbocycles. The second kappa shape index (κ2) is 6.78. The van der Waals surface area contributed by atoms with Crippen LogP contribution in [0.3, 0.4) is 0 Å². The van der Waals surface area contributed by atoms with Gasteiger partial charge in [0, 0.05) is 11.7 Å². The molecule has 0 aliphatic carbocycles. The molecule has 1 aliphatic rings. The number of fused-ring (bicyclic) bond motifs is 1. The summed E-state index contributed by atoms with van der Waals surface area (Å²) in [4.78, 5) is 11.9. The van der Waals surface area contributed by atoms with Crippen molar-refractivity contribution in [2.75, 3.05) is 11.9 Å². The van der Waals surface area contributed by atoms with Crippen molar-refractivity contribution in [1.29, 1.82) is 0 Å². The van der Waals surface area contributed by atoms with Crippen LogP contribution in [0.15, 0.2) is 18.2 Å². The third kappa shape index (κ3) is 3.85. The number of hydrogen-bond acceptors (Lipinski definition) is 3. The molecule has 19 heavy (non-hydrogen) atoms. The molecule has 2 unspecified atom stereocenters. The molecule has 1 aliphatic heterocycles. The van der Waals surface area contributed by atoms with Crippen LogP contribution in [0.25, 0.3) is 0 Å². The lowest BCUT2D eigenvalue weighted by atomic mass is 10.0. The first-order valence-corrected chi connectivity index (χ1v) is 6.40. The lowest BCUT2D eigenvalue weighted by molar-refractivity contribution is -0.119. The fourth-order valence-electron chi connectivity index (χ4n) is 1.93. The number of nitrogens with one attached hydrogen (secondary N) is 1. The predicted molar refractivity (Wildman–Crippen MR) is 78.9 cm³/mol. The number of hydrogen-bond donors (Lipinski definition) is 2. The van der Waals surface area contributed by atoms with Crippen molar-refractivity contribution in [3.05, 3.63) is 23.8 Å². The molecule has 5 heteroatoms. The van der Waals surface area contributed by atoms with Crippen molar-refractivity contribution < 1.29 is 9.53 Å². The van der Waals surface area contributed by atoms with Crippen molar-refractivity contribution in [1.82, 2.24) is 0 Å². The number of carbonyl (C=O) groups is 1. The molecular formula is C14H21ClN2O2. The number of carbonyl (C=O) groups excluding carboxylic acids is 1. The molecule has 0 bridgehead atoms. The first-order chi connectivity index (χ1) is 8.58. The Morgan fingerprint density at radius 3 is 2.84 bits per heavy atom. The smallest absolute Gasteiger partial charge is 0.228 e. The van der Waals surface area contributed by atoms with Crippen LogP contribution in [0.2, 0.25) is 0 Å². The largest absolute Gasteiger partial charge is 0.493 e. The van der Waals surface area contributed by atoms with Crippen LogP contribution in [0, 0.1) is 5.92 Å². The summed E-state index contributed by atoms with van der Waals surface area (Å²) in [5.41, 5.74) is 7.70. The molecule has 1 aromatic rings. The van der Waals surface area contributed by atoms with Gasteiger partial charge in [-0.05, 0) is 43.5 Å². The van der Waals surface area contributed by atoms with E-state index >= 15 is 0 Å². The Balaban J connectivity index is 0.00000180. The minimum Gasteiger partial charge on any atom is -0.493 e. The van der Waals surface area contributed by atoms with E-state index in [1.54, 1.807) is 0 Å². The van der Waals surface area contributed by atoms with E-state index in [1.165, 1.54) is 0 Å². The summed E-state index contributed by atoms with van der Waals surface area (Å²) in [7, 11) is 0. The first kappa shape index (κ1) is 15.8. The molecule has 0 saturated heterocycles. The zero-order chi connectivity index (χ0) is 13.1. The van der Waals surface area contributed by atoms with Crippen LogP contribution >= 0.6 is 12.4 Å². The van der Waals surface area contributed by atoms with Gasteiger partial charge in [0.05, 0.1) is 12.5 Å². The summed E-state index contributed by atoms with van der Waals surface area (Å²) < 4.78 is 5.54. The highest BCUT2D eigenvalue weighted by Gasteiger charge is 2.18. The zero-order valence-corrected chi connectivity index (χ0v) is 12.1. The van der Waals surface area contributed by atoms with Crippen LogP contribution in [-0.2, 0) is 11.2 Å². The maximum absolute atomic E-state index is 11.9. The number of aryl methyl sites for hydroxylation is 1.